The van der Waals surface area contributed by atoms with Crippen molar-refractivity contribution in [3.63, 3.8) is 0 Å². The molecule has 0 amide bonds. The van der Waals surface area contributed by atoms with E-state index in [4.69, 9.17) is 11.7 Å². The molecule has 0 N–H and O–H groups in total. The van der Waals surface area contributed by atoms with Crippen LogP contribution in [0.1, 0.15) is 19.4 Å². The number of benzene rings is 1. The minimum Gasteiger partial charge on any atom is -0.426 e. The van der Waals surface area contributed by atoms with Gasteiger partial charge < -0.3 is 4.74 Å². The predicted molar refractivity (Wildman–Crippen MR) is 50.3 cm³/mol. The molecule has 0 bridgehead atoms. The average Bonchev–Trinajstić information content (AvgIpc) is 2.04. The van der Waals surface area contributed by atoms with Gasteiger partial charge in [-0.15, -0.1) is 0 Å². The molecule has 0 heterocycles. The third-order valence-electron chi connectivity index (χ3n) is 1.55. The van der Waals surface area contributed by atoms with Gasteiger partial charge in [-0.1, -0.05) is 26.0 Å². The molecule has 13 heavy (non-hydrogen) atoms. The minimum absolute atomic E-state index is 0.124. The first kappa shape index (κ1) is 9.78. The van der Waals surface area contributed by atoms with Gasteiger partial charge in [0.25, 0.3) is 0 Å². The zero-order chi connectivity index (χ0) is 9.84. The van der Waals surface area contributed by atoms with E-state index in [1.807, 2.05) is 0 Å². The first-order valence-corrected chi connectivity index (χ1v) is 4.17. The highest BCUT2D eigenvalue weighted by molar-refractivity contribution is 5.74. The number of rotatable bonds is 2. The van der Waals surface area contributed by atoms with Gasteiger partial charge in [-0.3, -0.25) is 4.79 Å². The van der Waals surface area contributed by atoms with Crippen molar-refractivity contribution in [1.82, 2.24) is 0 Å². The van der Waals surface area contributed by atoms with E-state index in [-0.39, 0.29) is 11.9 Å². The molecule has 0 aliphatic carbocycles. The van der Waals surface area contributed by atoms with Crippen molar-refractivity contribution in [3.8, 4) is 5.75 Å². The summed E-state index contributed by atoms with van der Waals surface area (Å²) in [4.78, 5) is 11.2. The van der Waals surface area contributed by atoms with Gasteiger partial charge in [0.1, 0.15) is 5.75 Å². The maximum Gasteiger partial charge on any atom is 0.313 e. The Bertz CT molecular complexity index is 303. The Labute approximate surface area is 78.5 Å². The van der Waals surface area contributed by atoms with E-state index in [1.54, 1.807) is 38.1 Å². The van der Waals surface area contributed by atoms with Crippen LogP contribution in [0.25, 0.3) is 0 Å². The van der Waals surface area contributed by atoms with Crippen LogP contribution in [0, 0.1) is 12.8 Å². The number of hydrogen-bond donors (Lipinski definition) is 0. The summed E-state index contributed by atoms with van der Waals surface area (Å²) in [5, 5.41) is 0. The molecule has 0 saturated carbocycles. The number of esters is 1. The zero-order valence-corrected chi connectivity index (χ0v) is 7.78. The van der Waals surface area contributed by atoms with Gasteiger partial charge in [0.15, 0.2) is 0 Å². The SMILES string of the molecule is [CH]c1cccc(OC(=O)C(C)C)c1. The van der Waals surface area contributed by atoms with Gasteiger partial charge in [0.05, 0.1) is 5.92 Å². The third-order valence-corrected chi connectivity index (χ3v) is 1.55. The van der Waals surface area contributed by atoms with Crippen molar-refractivity contribution >= 4 is 5.97 Å². The van der Waals surface area contributed by atoms with Gasteiger partial charge in [-0.25, -0.2) is 0 Å². The lowest BCUT2D eigenvalue weighted by Crippen LogP contribution is -2.14. The smallest absolute Gasteiger partial charge is 0.313 e. The predicted octanol–water partition coefficient (Wildman–Crippen LogP) is 2.31. The van der Waals surface area contributed by atoms with E-state index in [2.05, 4.69) is 0 Å². The van der Waals surface area contributed by atoms with Gasteiger partial charge in [0.2, 0.25) is 0 Å². The first-order chi connectivity index (χ1) is 6.09. The van der Waals surface area contributed by atoms with E-state index in [1.165, 1.54) is 0 Å². The average molecular weight is 176 g/mol. The van der Waals surface area contributed by atoms with Crippen LogP contribution in [0.15, 0.2) is 24.3 Å². The summed E-state index contributed by atoms with van der Waals surface area (Å²) < 4.78 is 5.04. The van der Waals surface area contributed by atoms with E-state index in [0.717, 1.165) is 0 Å². The molecule has 0 fully saturated rings. The van der Waals surface area contributed by atoms with Crippen molar-refractivity contribution in [2.45, 2.75) is 13.8 Å². The summed E-state index contributed by atoms with van der Waals surface area (Å²) >= 11 is 0. The van der Waals surface area contributed by atoms with Gasteiger partial charge in [-0.2, -0.15) is 0 Å². The van der Waals surface area contributed by atoms with Crippen LogP contribution in [0.5, 0.6) is 5.75 Å². The molecule has 1 aromatic rings. The quantitative estimate of drug-likeness (QED) is 0.510. The summed E-state index contributed by atoms with van der Waals surface area (Å²) in [5.41, 5.74) is 0.592. The Morgan fingerprint density at radius 2 is 2.15 bits per heavy atom. The summed E-state index contributed by atoms with van der Waals surface area (Å²) in [6.45, 7) is 9.09. The molecular formula is C11H12O2. The van der Waals surface area contributed by atoms with E-state index in [9.17, 15) is 4.79 Å². The Balaban J connectivity index is 2.69. The Hall–Kier alpha value is -1.31. The molecule has 2 nitrogen and oxygen atoms in total. The van der Waals surface area contributed by atoms with E-state index >= 15 is 0 Å². The summed E-state index contributed by atoms with van der Waals surface area (Å²) in [7, 11) is 0. The molecule has 0 spiro atoms. The normalized spacial score (nSPS) is 10.2. The number of carbonyl (C=O) groups excluding carboxylic acids is 1. The maximum absolute atomic E-state index is 11.2. The van der Waals surface area contributed by atoms with Crippen LogP contribution in [-0.2, 0) is 4.79 Å². The fraction of sp³-hybridized carbons (Fsp3) is 0.273. The third kappa shape index (κ3) is 2.90. The Morgan fingerprint density at radius 3 is 2.69 bits per heavy atom. The fourth-order valence-corrected chi connectivity index (χ4v) is 0.812. The second-order valence-electron chi connectivity index (χ2n) is 3.15. The molecule has 0 saturated heterocycles. The lowest BCUT2D eigenvalue weighted by Gasteiger charge is -2.06. The summed E-state index contributed by atoms with van der Waals surface area (Å²) in [6.07, 6.45) is 0. The Morgan fingerprint density at radius 1 is 1.46 bits per heavy atom. The van der Waals surface area contributed by atoms with Gasteiger partial charge >= 0.3 is 5.97 Å². The van der Waals surface area contributed by atoms with Gasteiger partial charge in [-0.05, 0) is 24.6 Å². The van der Waals surface area contributed by atoms with Crippen LogP contribution in [0.3, 0.4) is 0 Å². The summed E-state index contributed by atoms with van der Waals surface area (Å²) in [5.74, 6) is 0.130. The highest BCUT2D eigenvalue weighted by Gasteiger charge is 2.08. The topological polar surface area (TPSA) is 26.3 Å². The molecule has 2 heteroatoms. The number of carbonyl (C=O) groups is 1. The van der Waals surface area contributed by atoms with Crippen molar-refractivity contribution in [1.29, 1.82) is 0 Å². The number of ether oxygens (including phenoxy) is 1. The van der Waals surface area contributed by atoms with Crippen LogP contribution < -0.4 is 4.74 Å². The standard InChI is InChI=1S/C11H12O2/c1-8(2)11(12)13-10-6-4-5-9(3)7-10/h3-8H,1-2H3. The largest absolute Gasteiger partial charge is 0.426 e. The molecule has 2 radical (unpaired) electrons. The fourth-order valence-electron chi connectivity index (χ4n) is 0.812. The van der Waals surface area contributed by atoms with Crippen molar-refractivity contribution in [2.75, 3.05) is 0 Å². The molecule has 0 aliphatic rings. The van der Waals surface area contributed by atoms with Crippen LogP contribution in [0.2, 0.25) is 0 Å². The maximum atomic E-state index is 11.2. The van der Waals surface area contributed by atoms with E-state index in [0.29, 0.717) is 11.3 Å². The molecule has 0 aliphatic heterocycles. The molecule has 0 unspecified atom stereocenters. The monoisotopic (exact) mass is 176 g/mol. The second-order valence-corrected chi connectivity index (χ2v) is 3.15. The molecule has 0 aromatic heterocycles. The lowest BCUT2D eigenvalue weighted by atomic mass is 10.2. The van der Waals surface area contributed by atoms with Crippen molar-refractivity contribution in [3.05, 3.63) is 36.8 Å². The molecular weight excluding hydrogens is 164 g/mol. The molecule has 1 aromatic carbocycles. The zero-order valence-electron chi connectivity index (χ0n) is 7.78. The highest BCUT2D eigenvalue weighted by atomic mass is 16.5. The summed E-state index contributed by atoms with van der Waals surface area (Å²) in [6, 6.07) is 6.82. The van der Waals surface area contributed by atoms with Crippen molar-refractivity contribution < 1.29 is 9.53 Å². The minimum atomic E-state index is -0.245. The Kier molecular flexibility index (Phi) is 3.07. The van der Waals surface area contributed by atoms with Crippen LogP contribution >= 0.6 is 0 Å². The molecule has 68 valence electrons. The van der Waals surface area contributed by atoms with E-state index < -0.39 is 0 Å². The number of hydrogen-bond acceptors (Lipinski definition) is 2. The molecule has 0 atom stereocenters. The lowest BCUT2D eigenvalue weighted by molar-refractivity contribution is -0.137. The van der Waals surface area contributed by atoms with Crippen LogP contribution in [-0.4, -0.2) is 5.97 Å². The van der Waals surface area contributed by atoms with Crippen LogP contribution in [0.4, 0.5) is 0 Å². The van der Waals surface area contributed by atoms with Crippen molar-refractivity contribution in [2.24, 2.45) is 5.92 Å². The first-order valence-electron chi connectivity index (χ1n) is 4.17. The second kappa shape index (κ2) is 4.08. The molecule has 1 rings (SSSR count). The van der Waals surface area contributed by atoms with Gasteiger partial charge in [0, 0.05) is 0 Å². The highest BCUT2D eigenvalue weighted by Crippen LogP contribution is 2.13.